The first-order valence-electron chi connectivity index (χ1n) is 6.42. The summed E-state index contributed by atoms with van der Waals surface area (Å²) < 4.78 is 30.4. The predicted molar refractivity (Wildman–Crippen MR) is 75.7 cm³/mol. The highest BCUT2D eigenvalue weighted by atomic mass is 35.5. The fourth-order valence-electron chi connectivity index (χ4n) is 1.84. The van der Waals surface area contributed by atoms with Crippen molar-refractivity contribution in [1.82, 2.24) is 0 Å². The minimum absolute atomic E-state index is 0.102. The summed E-state index contributed by atoms with van der Waals surface area (Å²) in [5, 5.41) is 0.102. The van der Waals surface area contributed by atoms with Crippen molar-refractivity contribution in [2.45, 2.75) is 26.8 Å². The lowest BCUT2D eigenvalue weighted by molar-refractivity contribution is 0.0704. The third-order valence-corrected chi connectivity index (χ3v) is 5.81. The highest BCUT2D eigenvalue weighted by molar-refractivity contribution is 6.60. The fraction of sp³-hybridized carbons (Fsp3) is 0.538. The van der Waals surface area contributed by atoms with Gasteiger partial charge in [-0.15, -0.1) is 0 Å². The first kappa shape index (κ1) is 16.6. The van der Waals surface area contributed by atoms with Crippen molar-refractivity contribution in [3.05, 3.63) is 34.6 Å². The molecule has 0 atom stereocenters. The highest BCUT2D eigenvalue weighted by Crippen LogP contribution is 2.21. The van der Waals surface area contributed by atoms with Crippen LogP contribution in [0.1, 0.15) is 26.3 Å². The maximum Gasteiger partial charge on any atom is 0.505 e. The zero-order valence-corrected chi connectivity index (χ0v) is 13.3. The fourth-order valence-corrected chi connectivity index (χ4v) is 4.64. The number of rotatable bonds is 8. The van der Waals surface area contributed by atoms with Crippen LogP contribution in [0.25, 0.3) is 0 Å². The highest BCUT2D eigenvalue weighted by Gasteiger charge is 2.40. The molecule has 0 amide bonds. The van der Waals surface area contributed by atoms with Crippen LogP contribution in [-0.4, -0.2) is 28.6 Å². The van der Waals surface area contributed by atoms with E-state index in [4.69, 9.17) is 24.9 Å². The zero-order valence-electron chi connectivity index (χ0n) is 11.5. The van der Waals surface area contributed by atoms with Crippen LogP contribution >= 0.6 is 11.6 Å². The van der Waals surface area contributed by atoms with Crippen LogP contribution in [0, 0.1) is 5.82 Å². The second-order valence-corrected chi connectivity index (χ2v) is 6.90. The molecule has 1 aromatic rings. The first-order chi connectivity index (χ1) is 9.06. The predicted octanol–water partition coefficient (Wildman–Crippen LogP) is 3.61. The van der Waals surface area contributed by atoms with Gasteiger partial charge in [0.2, 0.25) is 0 Å². The van der Waals surface area contributed by atoms with Crippen molar-refractivity contribution >= 4 is 20.4 Å². The normalized spacial score (nSPS) is 11.8. The van der Waals surface area contributed by atoms with Gasteiger partial charge in [-0.1, -0.05) is 17.7 Å². The van der Waals surface area contributed by atoms with Crippen molar-refractivity contribution < 1.29 is 17.7 Å². The van der Waals surface area contributed by atoms with Gasteiger partial charge >= 0.3 is 8.80 Å². The van der Waals surface area contributed by atoms with Crippen molar-refractivity contribution in [3.63, 3.8) is 0 Å². The van der Waals surface area contributed by atoms with Gasteiger partial charge in [0.1, 0.15) is 5.82 Å². The smallest absolute Gasteiger partial charge is 0.374 e. The first-order valence-corrected chi connectivity index (χ1v) is 8.73. The maximum absolute atomic E-state index is 13.2. The Labute approximate surface area is 120 Å². The second-order valence-electron chi connectivity index (χ2n) is 3.91. The zero-order chi connectivity index (χ0) is 14.3. The molecule has 0 aliphatic carbocycles. The molecule has 1 aromatic carbocycles. The van der Waals surface area contributed by atoms with Crippen LogP contribution in [-0.2, 0) is 19.3 Å². The molecule has 108 valence electrons. The van der Waals surface area contributed by atoms with Gasteiger partial charge in [-0.25, -0.2) is 4.39 Å². The summed E-state index contributed by atoms with van der Waals surface area (Å²) in [4.78, 5) is 0. The SMILES string of the molecule is CCO[Si](Cc1ccc(F)c(Cl)c1)(OCC)OCC. The molecule has 0 aliphatic rings. The molecular weight excluding hydrogens is 287 g/mol. The van der Waals surface area contributed by atoms with Crippen LogP contribution in [0.2, 0.25) is 5.02 Å². The summed E-state index contributed by atoms with van der Waals surface area (Å²) in [6, 6.07) is 5.11. The minimum Gasteiger partial charge on any atom is -0.374 e. The quantitative estimate of drug-likeness (QED) is 0.687. The molecule has 0 saturated carbocycles. The van der Waals surface area contributed by atoms with E-state index >= 15 is 0 Å². The molecule has 6 heteroatoms. The topological polar surface area (TPSA) is 27.7 Å². The van der Waals surface area contributed by atoms with E-state index in [9.17, 15) is 4.39 Å². The van der Waals surface area contributed by atoms with Crippen LogP contribution in [0.5, 0.6) is 0 Å². The summed E-state index contributed by atoms with van der Waals surface area (Å²) in [7, 11) is -2.76. The van der Waals surface area contributed by atoms with Crippen LogP contribution in [0.4, 0.5) is 4.39 Å². The average Bonchev–Trinajstić information content (AvgIpc) is 2.35. The lowest BCUT2D eigenvalue weighted by Crippen LogP contribution is -2.48. The molecule has 1 rings (SSSR count). The van der Waals surface area contributed by atoms with Gasteiger partial charge in [-0.05, 0) is 38.5 Å². The van der Waals surface area contributed by atoms with Gasteiger partial charge in [0.15, 0.2) is 0 Å². The van der Waals surface area contributed by atoms with E-state index in [0.717, 1.165) is 5.56 Å². The van der Waals surface area contributed by atoms with Gasteiger partial charge in [-0.3, -0.25) is 0 Å². The van der Waals surface area contributed by atoms with Gasteiger partial charge in [0.05, 0.1) is 5.02 Å². The Kier molecular flexibility index (Phi) is 6.96. The Bertz CT molecular complexity index is 386. The van der Waals surface area contributed by atoms with E-state index in [1.165, 1.54) is 6.07 Å². The summed E-state index contributed by atoms with van der Waals surface area (Å²) >= 11 is 5.79. The molecule has 0 N–H and O–H groups in total. The number of benzene rings is 1. The molecule has 19 heavy (non-hydrogen) atoms. The van der Waals surface area contributed by atoms with E-state index in [2.05, 4.69) is 0 Å². The molecule has 0 unspecified atom stereocenters. The Morgan fingerprint density at radius 3 is 2.00 bits per heavy atom. The summed E-state index contributed by atoms with van der Waals surface area (Å²) in [6.45, 7) is 7.25. The third-order valence-electron chi connectivity index (χ3n) is 2.50. The van der Waals surface area contributed by atoms with E-state index in [1.807, 2.05) is 20.8 Å². The van der Waals surface area contributed by atoms with Gasteiger partial charge in [0, 0.05) is 25.9 Å². The molecule has 0 radical (unpaired) electrons. The third kappa shape index (κ3) is 4.85. The Balaban J connectivity index is 2.93. The molecule has 0 saturated heterocycles. The van der Waals surface area contributed by atoms with Crippen molar-refractivity contribution in [3.8, 4) is 0 Å². The molecule has 0 bridgehead atoms. The summed E-state index contributed by atoms with van der Waals surface area (Å²) in [5.74, 6) is -0.429. The minimum atomic E-state index is -2.76. The number of hydrogen-bond donors (Lipinski definition) is 0. The number of hydrogen-bond acceptors (Lipinski definition) is 3. The van der Waals surface area contributed by atoms with Gasteiger partial charge < -0.3 is 13.3 Å². The van der Waals surface area contributed by atoms with Crippen molar-refractivity contribution in [1.29, 1.82) is 0 Å². The Morgan fingerprint density at radius 2 is 1.58 bits per heavy atom. The molecule has 0 spiro atoms. The van der Waals surface area contributed by atoms with Crippen LogP contribution in [0.15, 0.2) is 18.2 Å². The van der Waals surface area contributed by atoms with Crippen molar-refractivity contribution in [2.75, 3.05) is 19.8 Å². The average molecular weight is 307 g/mol. The van der Waals surface area contributed by atoms with E-state index in [1.54, 1.807) is 12.1 Å². The molecule has 0 heterocycles. The summed E-state index contributed by atoms with van der Waals surface area (Å²) in [5.41, 5.74) is 0.855. The van der Waals surface area contributed by atoms with Crippen LogP contribution in [0.3, 0.4) is 0 Å². The Morgan fingerprint density at radius 1 is 1.05 bits per heavy atom. The second kappa shape index (κ2) is 7.97. The Hall–Kier alpha value is -0.463. The lowest BCUT2D eigenvalue weighted by atomic mass is 10.2. The largest absolute Gasteiger partial charge is 0.505 e. The number of halogens is 2. The van der Waals surface area contributed by atoms with E-state index < -0.39 is 14.6 Å². The van der Waals surface area contributed by atoms with Gasteiger partial charge in [-0.2, -0.15) is 0 Å². The summed E-state index contributed by atoms with van der Waals surface area (Å²) in [6.07, 6.45) is 0. The monoisotopic (exact) mass is 306 g/mol. The van der Waals surface area contributed by atoms with Crippen molar-refractivity contribution in [2.24, 2.45) is 0 Å². The molecule has 0 aromatic heterocycles. The maximum atomic E-state index is 13.2. The molecule has 3 nitrogen and oxygen atoms in total. The van der Waals surface area contributed by atoms with E-state index in [0.29, 0.717) is 25.9 Å². The molecule has 0 fully saturated rings. The molecular formula is C13H20ClFO3Si. The van der Waals surface area contributed by atoms with E-state index in [-0.39, 0.29) is 5.02 Å². The van der Waals surface area contributed by atoms with Crippen LogP contribution < -0.4 is 0 Å². The lowest BCUT2D eigenvalue weighted by Gasteiger charge is -2.28. The van der Waals surface area contributed by atoms with Gasteiger partial charge in [0.25, 0.3) is 0 Å². The molecule has 0 aliphatic heterocycles. The standard InChI is InChI=1S/C13H20ClFO3Si/c1-4-16-19(17-5-2,18-6-3)10-11-7-8-13(15)12(14)9-11/h7-9H,4-6,10H2,1-3H3.